The van der Waals surface area contributed by atoms with Gasteiger partial charge in [-0.3, -0.25) is 9.97 Å². The van der Waals surface area contributed by atoms with Crippen molar-refractivity contribution in [2.75, 3.05) is 7.05 Å². The van der Waals surface area contributed by atoms with E-state index in [1.54, 1.807) is 18.6 Å². The summed E-state index contributed by atoms with van der Waals surface area (Å²) in [6, 6.07) is 5.94. The summed E-state index contributed by atoms with van der Waals surface area (Å²) >= 11 is 9.65. The number of aromatic nitrogens is 2. The highest BCUT2D eigenvalue weighted by molar-refractivity contribution is 9.10. The van der Waals surface area contributed by atoms with Gasteiger partial charge in [0.15, 0.2) is 0 Å². The van der Waals surface area contributed by atoms with Gasteiger partial charge in [0.05, 0.1) is 16.8 Å². The molecular weight excluding hydrogens is 314 g/mol. The SMILES string of the molecule is CNC(Cc1ccncc1Cl)c1ncccc1Br. The lowest BCUT2D eigenvalue weighted by Gasteiger charge is -2.17. The number of pyridine rings is 2. The number of nitrogens with one attached hydrogen (secondary N) is 1. The summed E-state index contributed by atoms with van der Waals surface area (Å²) in [6.07, 6.45) is 5.98. The normalized spacial score (nSPS) is 12.4. The maximum Gasteiger partial charge on any atom is 0.0718 e. The predicted molar refractivity (Wildman–Crippen MR) is 76.7 cm³/mol. The Labute approximate surface area is 120 Å². The van der Waals surface area contributed by atoms with Gasteiger partial charge in [0.2, 0.25) is 0 Å². The van der Waals surface area contributed by atoms with Gasteiger partial charge in [0.25, 0.3) is 0 Å². The second-order valence-corrected chi connectivity index (χ2v) is 5.14. The molecule has 0 aliphatic heterocycles. The number of hydrogen-bond acceptors (Lipinski definition) is 3. The van der Waals surface area contributed by atoms with Crippen molar-refractivity contribution < 1.29 is 0 Å². The first-order chi connectivity index (χ1) is 8.72. The Morgan fingerprint density at radius 3 is 2.89 bits per heavy atom. The first kappa shape index (κ1) is 13.5. The van der Waals surface area contributed by atoms with Crippen LogP contribution in [-0.4, -0.2) is 17.0 Å². The van der Waals surface area contributed by atoms with Crippen molar-refractivity contribution in [2.45, 2.75) is 12.5 Å². The van der Waals surface area contributed by atoms with Gasteiger partial charge < -0.3 is 5.32 Å². The first-order valence-corrected chi connectivity index (χ1v) is 6.75. The van der Waals surface area contributed by atoms with Crippen LogP contribution in [0.1, 0.15) is 17.3 Å². The van der Waals surface area contributed by atoms with Crippen molar-refractivity contribution in [1.82, 2.24) is 15.3 Å². The number of rotatable bonds is 4. The molecular formula is C13H13BrClN3. The number of likely N-dealkylation sites (N-methyl/N-ethyl adjacent to an activating group) is 1. The summed E-state index contributed by atoms with van der Waals surface area (Å²) in [6.45, 7) is 0. The lowest BCUT2D eigenvalue weighted by Crippen LogP contribution is -2.20. The molecule has 0 aromatic carbocycles. The van der Waals surface area contributed by atoms with Crippen molar-refractivity contribution >= 4 is 27.5 Å². The predicted octanol–water partition coefficient (Wildman–Crippen LogP) is 3.40. The standard InChI is InChI=1S/C13H13BrClN3/c1-16-12(13-10(14)3-2-5-18-13)7-9-4-6-17-8-11(9)15/h2-6,8,12,16H,7H2,1H3. The molecule has 5 heteroatoms. The van der Waals surface area contributed by atoms with E-state index in [4.69, 9.17) is 11.6 Å². The highest BCUT2D eigenvalue weighted by Gasteiger charge is 2.15. The topological polar surface area (TPSA) is 37.8 Å². The summed E-state index contributed by atoms with van der Waals surface area (Å²) in [5.74, 6) is 0. The molecule has 18 heavy (non-hydrogen) atoms. The Hall–Kier alpha value is -0.970. The Kier molecular flexibility index (Phi) is 4.69. The van der Waals surface area contributed by atoms with Crippen molar-refractivity contribution in [1.29, 1.82) is 0 Å². The van der Waals surface area contributed by atoms with Crippen LogP contribution in [-0.2, 0) is 6.42 Å². The molecule has 94 valence electrons. The van der Waals surface area contributed by atoms with Crippen LogP contribution in [0.3, 0.4) is 0 Å². The number of halogens is 2. The van der Waals surface area contributed by atoms with Crippen LogP contribution in [0.25, 0.3) is 0 Å². The molecule has 2 aromatic rings. The zero-order chi connectivity index (χ0) is 13.0. The molecule has 0 radical (unpaired) electrons. The summed E-state index contributed by atoms with van der Waals surface area (Å²) in [5, 5.41) is 3.95. The number of nitrogens with zero attached hydrogens (tertiary/aromatic N) is 2. The minimum Gasteiger partial charge on any atom is -0.311 e. The van der Waals surface area contributed by atoms with Crippen LogP contribution in [0.5, 0.6) is 0 Å². The summed E-state index contributed by atoms with van der Waals surface area (Å²) < 4.78 is 0.995. The summed E-state index contributed by atoms with van der Waals surface area (Å²) in [4.78, 5) is 8.40. The van der Waals surface area contributed by atoms with Gasteiger partial charge >= 0.3 is 0 Å². The summed E-state index contributed by atoms with van der Waals surface area (Å²) in [7, 11) is 1.92. The average Bonchev–Trinajstić information content (AvgIpc) is 2.39. The largest absolute Gasteiger partial charge is 0.311 e. The summed E-state index contributed by atoms with van der Waals surface area (Å²) in [5.41, 5.74) is 2.04. The second-order valence-electron chi connectivity index (χ2n) is 3.88. The van der Waals surface area contributed by atoms with Crippen molar-refractivity contribution in [3.63, 3.8) is 0 Å². The van der Waals surface area contributed by atoms with Crippen LogP contribution < -0.4 is 5.32 Å². The van der Waals surface area contributed by atoms with Crippen molar-refractivity contribution in [2.24, 2.45) is 0 Å². The van der Waals surface area contributed by atoms with Crippen LogP contribution in [0.4, 0.5) is 0 Å². The minimum absolute atomic E-state index is 0.112. The molecule has 0 spiro atoms. The fraction of sp³-hybridized carbons (Fsp3) is 0.231. The van der Waals surface area contributed by atoms with E-state index in [9.17, 15) is 0 Å². The molecule has 3 nitrogen and oxygen atoms in total. The molecule has 2 aromatic heterocycles. The molecule has 0 saturated carbocycles. The molecule has 1 unspecified atom stereocenters. The van der Waals surface area contributed by atoms with E-state index < -0.39 is 0 Å². The monoisotopic (exact) mass is 325 g/mol. The Morgan fingerprint density at radius 2 is 2.22 bits per heavy atom. The van der Waals surface area contributed by atoms with Gasteiger partial charge in [-0.2, -0.15) is 0 Å². The molecule has 0 amide bonds. The zero-order valence-corrected chi connectivity index (χ0v) is 12.2. The van der Waals surface area contributed by atoms with E-state index in [1.807, 2.05) is 25.2 Å². The Bertz CT molecular complexity index is 533. The van der Waals surface area contributed by atoms with E-state index in [-0.39, 0.29) is 6.04 Å². The highest BCUT2D eigenvalue weighted by atomic mass is 79.9. The second kappa shape index (κ2) is 6.27. The first-order valence-electron chi connectivity index (χ1n) is 5.58. The van der Waals surface area contributed by atoms with E-state index in [1.165, 1.54) is 0 Å². The van der Waals surface area contributed by atoms with Crippen LogP contribution in [0, 0.1) is 0 Å². The molecule has 0 saturated heterocycles. The van der Waals surface area contributed by atoms with Gasteiger partial charge in [-0.15, -0.1) is 0 Å². The fourth-order valence-corrected chi connectivity index (χ4v) is 2.51. The quantitative estimate of drug-likeness (QED) is 0.936. The molecule has 0 bridgehead atoms. The smallest absolute Gasteiger partial charge is 0.0718 e. The third-order valence-electron chi connectivity index (χ3n) is 2.75. The van der Waals surface area contributed by atoms with Crippen LogP contribution >= 0.6 is 27.5 Å². The average molecular weight is 327 g/mol. The fourth-order valence-electron chi connectivity index (χ4n) is 1.78. The van der Waals surface area contributed by atoms with Gasteiger partial charge in [0.1, 0.15) is 0 Å². The van der Waals surface area contributed by atoms with E-state index in [0.29, 0.717) is 5.02 Å². The lowest BCUT2D eigenvalue weighted by molar-refractivity contribution is 0.573. The van der Waals surface area contributed by atoms with Crippen LogP contribution in [0.15, 0.2) is 41.3 Å². The highest BCUT2D eigenvalue weighted by Crippen LogP contribution is 2.25. The maximum atomic E-state index is 6.13. The molecule has 1 atom stereocenters. The van der Waals surface area contributed by atoms with Crippen molar-refractivity contribution in [3.8, 4) is 0 Å². The maximum absolute atomic E-state index is 6.13. The van der Waals surface area contributed by atoms with E-state index in [0.717, 1.165) is 22.2 Å². The molecule has 1 N–H and O–H groups in total. The van der Waals surface area contributed by atoms with Gasteiger partial charge in [-0.25, -0.2) is 0 Å². The molecule has 2 heterocycles. The third kappa shape index (κ3) is 3.07. The number of hydrogen-bond donors (Lipinski definition) is 1. The Balaban J connectivity index is 2.26. The molecule has 0 aliphatic carbocycles. The Morgan fingerprint density at radius 1 is 1.39 bits per heavy atom. The molecule has 0 fully saturated rings. The lowest BCUT2D eigenvalue weighted by atomic mass is 10.0. The van der Waals surface area contributed by atoms with Gasteiger partial charge in [-0.1, -0.05) is 11.6 Å². The van der Waals surface area contributed by atoms with Gasteiger partial charge in [0, 0.05) is 23.1 Å². The van der Waals surface area contributed by atoms with E-state index in [2.05, 4.69) is 31.2 Å². The van der Waals surface area contributed by atoms with E-state index >= 15 is 0 Å². The molecule has 0 aliphatic rings. The van der Waals surface area contributed by atoms with Gasteiger partial charge in [-0.05, 0) is 53.2 Å². The van der Waals surface area contributed by atoms with Crippen molar-refractivity contribution in [3.05, 3.63) is 57.5 Å². The molecule has 2 rings (SSSR count). The third-order valence-corrected chi connectivity index (χ3v) is 3.76. The van der Waals surface area contributed by atoms with Crippen LogP contribution in [0.2, 0.25) is 5.02 Å². The zero-order valence-electron chi connectivity index (χ0n) is 9.90. The minimum atomic E-state index is 0.112.